The largest absolute Gasteiger partial charge is 0.396 e. The van der Waals surface area contributed by atoms with Crippen LogP contribution in [0.25, 0.3) is 0 Å². The summed E-state index contributed by atoms with van der Waals surface area (Å²) in [5.41, 5.74) is 5.13. The van der Waals surface area contributed by atoms with Crippen LogP contribution >= 0.6 is 0 Å². The molecule has 0 spiro atoms. The number of primary amides is 1. The van der Waals surface area contributed by atoms with Gasteiger partial charge >= 0.3 is 6.03 Å². The van der Waals surface area contributed by atoms with E-state index in [-0.39, 0.29) is 6.61 Å². The summed E-state index contributed by atoms with van der Waals surface area (Å²) in [4.78, 5) is 12.3. The lowest BCUT2D eigenvalue weighted by Crippen LogP contribution is -2.38. The lowest BCUT2D eigenvalue weighted by atomic mass is 10.3. The first-order valence-electron chi connectivity index (χ1n) is 4.36. The third-order valence-corrected chi connectivity index (χ3v) is 1.71. The van der Waals surface area contributed by atoms with Crippen LogP contribution in [0.3, 0.4) is 0 Å². The van der Waals surface area contributed by atoms with Crippen molar-refractivity contribution in [3.63, 3.8) is 0 Å². The van der Waals surface area contributed by atoms with Gasteiger partial charge in [-0.1, -0.05) is 0 Å². The maximum atomic E-state index is 10.8. The highest BCUT2D eigenvalue weighted by Crippen LogP contribution is 1.94. The van der Waals surface area contributed by atoms with Crippen molar-refractivity contribution in [1.29, 1.82) is 0 Å². The Hall–Kier alpha value is -0.810. The van der Waals surface area contributed by atoms with E-state index < -0.39 is 6.03 Å². The number of unbranched alkanes of at least 4 members (excludes halogenated alkanes) is 1. The molecule has 0 atom stereocenters. The zero-order valence-electron chi connectivity index (χ0n) is 8.03. The molecule has 0 aromatic heterocycles. The van der Waals surface area contributed by atoms with Crippen LogP contribution in [0.4, 0.5) is 4.79 Å². The van der Waals surface area contributed by atoms with Crippen molar-refractivity contribution in [3.8, 4) is 0 Å². The van der Waals surface area contributed by atoms with Crippen molar-refractivity contribution in [2.24, 2.45) is 5.73 Å². The van der Waals surface area contributed by atoms with Gasteiger partial charge < -0.3 is 20.5 Å². The summed E-state index contributed by atoms with van der Waals surface area (Å²) in [5.74, 6) is 0. The Balaban J connectivity index is 3.61. The molecule has 0 saturated carbocycles. The number of nitrogens with zero attached hydrogens (tertiary/aromatic N) is 1. The second-order valence-electron chi connectivity index (χ2n) is 2.75. The molecule has 0 bridgehead atoms. The van der Waals surface area contributed by atoms with Crippen LogP contribution in [-0.2, 0) is 4.74 Å². The van der Waals surface area contributed by atoms with Gasteiger partial charge in [0.15, 0.2) is 0 Å². The van der Waals surface area contributed by atoms with Crippen molar-refractivity contribution in [2.75, 3.05) is 33.4 Å². The summed E-state index contributed by atoms with van der Waals surface area (Å²) in [6.07, 6.45) is 1.46. The molecule has 13 heavy (non-hydrogen) atoms. The van der Waals surface area contributed by atoms with E-state index in [1.807, 2.05) is 0 Å². The summed E-state index contributed by atoms with van der Waals surface area (Å²) in [5, 5.41) is 8.53. The standard InChI is InChI=1S/C8H18N2O3/c1-13-7-5-10(8(9)12)4-2-3-6-11/h11H,2-7H2,1H3,(H2,9,12). The molecule has 5 heteroatoms. The molecule has 0 aliphatic carbocycles. The van der Waals surface area contributed by atoms with Crippen LogP contribution in [0.15, 0.2) is 0 Å². The third kappa shape index (κ3) is 6.36. The van der Waals surface area contributed by atoms with Gasteiger partial charge in [0.2, 0.25) is 0 Å². The van der Waals surface area contributed by atoms with Gasteiger partial charge in [-0.2, -0.15) is 0 Å². The van der Waals surface area contributed by atoms with E-state index in [0.29, 0.717) is 26.1 Å². The maximum Gasteiger partial charge on any atom is 0.314 e. The van der Waals surface area contributed by atoms with Crippen LogP contribution < -0.4 is 5.73 Å². The maximum absolute atomic E-state index is 10.8. The van der Waals surface area contributed by atoms with Gasteiger partial charge in [0, 0.05) is 26.8 Å². The fourth-order valence-electron chi connectivity index (χ4n) is 0.948. The normalized spacial score (nSPS) is 10.0. The molecule has 0 radical (unpaired) electrons. The molecule has 0 aromatic carbocycles. The highest BCUT2D eigenvalue weighted by atomic mass is 16.5. The summed E-state index contributed by atoms with van der Waals surface area (Å²) < 4.78 is 4.83. The molecule has 5 nitrogen and oxygen atoms in total. The van der Waals surface area contributed by atoms with Crippen LogP contribution in [0.1, 0.15) is 12.8 Å². The van der Waals surface area contributed by atoms with Crippen LogP contribution in [0, 0.1) is 0 Å². The van der Waals surface area contributed by atoms with E-state index in [1.165, 1.54) is 4.90 Å². The molecule has 78 valence electrons. The molecular weight excluding hydrogens is 172 g/mol. The highest BCUT2D eigenvalue weighted by Gasteiger charge is 2.07. The van der Waals surface area contributed by atoms with Crippen LogP contribution in [0.5, 0.6) is 0 Å². The molecule has 0 rings (SSSR count). The number of amides is 2. The minimum absolute atomic E-state index is 0.150. The quantitative estimate of drug-likeness (QED) is 0.545. The molecular formula is C8H18N2O3. The lowest BCUT2D eigenvalue weighted by Gasteiger charge is -2.19. The Morgan fingerprint density at radius 2 is 2.15 bits per heavy atom. The predicted octanol–water partition coefficient (Wildman–Crippen LogP) is -0.214. The van der Waals surface area contributed by atoms with Crippen molar-refractivity contribution in [2.45, 2.75) is 12.8 Å². The van der Waals surface area contributed by atoms with Gasteiger partial charge in [0.25, 0.3) is 0 Å². The average Bonchev–Trinajstić information content (AvgIpc) is 2.10. The zero-order valence-corrected chi connectivity index (χ0v) is 8.03. The fraction of sp³-hybridized carbons (Fsp3) is 0.875. The lowest BCUT2D eigenvalue weighted by molar-refractivity contribution is 0.151. The van der Waals surface area contributed by atoms with Gasteiger partial charge in [0.1, 0.15) is 0 Å². The fourth-order valence-corrected chi connectivity index (χ4v) is 0.948. The van der Waals surface area contributed by atoms with Crippen LogP contribution in [0.2, 0.25) is 0 Å². The number of rotatable bonds is 7. The molecule has 0 unspecified atom stereocenters. The van der Waals surface area contributed by atoms with Gasteiger partial charge in [-0.15, -0.1) is 0 Å². The first-order chi connectivity index (χ1) is 6.22. The van der Waals surface area contributed by atoms with E-state index in [4.69, 9.17) is 15.6 Å². The van der Waals surface area contributed by atoms with E-state index in [0.717, 1.165) is 6.42 Å². The number of aliphatic hydroxyl groups is 1. The molecule has 0 heterocycles. The van der Waals surface area contributed by atoms with Crippen molar-refractivity contribution in [1.82, 2.24) is 4.90 Å². The Morgan fingerprint density at radius 3 is 2.62 bits per heavy atom. The second-order valence-corrected chi connectivity index (χ2v) is 2.75. The third-order valence-electron chi connectivity index (χ3n) is 1.71. The number of carbonyl (C=O) groups excluding carboxylic acids is 1. The number of urea groups is 1. The summed E-state index contributed by atoms with van der Waals surface area (Å²) in [6, 6.07) is -0.435. The topological polar surface area (TPSA) is 75.8 Å². The molecule has 0 fully saturated rings. The predicted molar refractivity (Wildman–Crippen MR) is 49.4 cm³/mol. The number of carbonyl (C=O) groups is 1. The molecule has 0 aromatic rings. The molecule has 0 aliphatic heterocycles. The molecule has 3 N–H and O–H groups in total. The number of ether oxygens (including phenoxy) is 1. The molecule has 0 aliphatic rings. The van der Waals surface area contributed by atoms with Gasteiger partial charge in [0.05, 0.1) is 6.61 Å². The summed E-state index contributed by atoms with van der Waals surface area (Å²) in [7, 11) is 1.58. The van der Waals surface area contributed by atoms with Gasteiger partial charge in [-0.3, -0.25) is 0 Å². The number of hydrogen-bond donors (Lipinski definition) is 2. The Kier molecular flexibility index (Phi) is 7.33. The Bertz CT molecular complexity index is 141. The Labute approximate surface area is 78.5 Å². The van der Waals surface area contributed by atoms with Gasteiger partial charge in [-0.25, -0.2) is 4.79 Å². The summed E-state index contributed by atoms with van der Waals surface area (Å²) in [6.45, 7) is 1.73. The van der Waals surface area contributed by atoms with E-state index in [9.17, 15) is 4.79 Å². The number of hydrogen-bond acceptors (Lipinski definition) is 3. The Morgan fingerprint density at radius 1 is 1.46 bits per heavy atom. The van der Waals surface area contributed by atoms with E-state index in [2.05, 4.69) is 0 Å². The average molecular weight is 190 g/mol. The number of aliphatic hydroxyl groups excluding tert-OH is 1. The summed E-state index contributed by atoms with van der Waals surface area (Å²) >= 11 is 0. The van der Waals surface area contributed by atoms with Crippen molar-refractivity contribution in [3.05, 3.63) is 0 Å². The van der Waals surface area contributed by atoms with Gasteiger partial charge in [-0.05, 0) is 12.8 Å². The first-order valence-corrected chi connectivity index (χ1v) is 4.36. The monoisotopic (exact) mass is 190 g/mol. The minimum atomic E-state index is -0.435. The highest BCUT2D eigenvalue weighted by molar-refractivity contribution is 5.71. The number of methoxy groups -OCH3 is 1. The van der Waals surface area contributed by atoms with E-state index >= 15 is 0 Å². The second kappa shape index (κ2) is 7.82. The SMILES string of the molecule is COCCN(CCCCO)C(N)=O. The molecule has 2 amide bonds. The number of nitrogens with two attached hydrogens (primary N) is 1. The first kappa shape index (κ1) is 12.2. The van der Waals surface area contributed by atoms with E-state index in [1.54, 1.807) is 7.11 Å². The molecule has 0 saturated heterocycles. The smallest absolute Gasteiger partial charge is 0.314 e. The minimum Gasteiger partial charge on any atom is -0.396 e. The van der Waals surface area contributed by atoms with Crippen molar-refractivity contribution < 1.29 is 14.6 Å². The van der Waals surface area contributed by atoms with Crippen molar-refractivity contribution >= 4 is 6.03 Å². The van der Waals surface area contributed by atoms with Crippen LogP contribution in [-0.4, -0.2) is 49.5 Å². The zero-order chi connectivity index (χ0) is 10.1.